The SMILES string of the molecule is C[C@H](C1CCN(CCN2CCN(c3ccccc3)CC2)CC1)N1CCOCC1. The predicted octanol–water partition coefficient (Wildman–Crippen LogP) is 2.24. The van der Waals surface area contributed by atoms with Crippen molar-refractivity contribution < 1.29 is 4.74 Å². The van der Waals surface area contributed by atoms with E-state index in [0.717, 1.165) is 51.4 Å². The lowest BCUT2D eigenvalue weighted by atomic mass is 9.89. The molecule has 3 fully saturated rings. The average molecular weight is 387 g/mol. The molecule has 0 bridgehead atoms. The molecule has 1 atom stereocenters. The first kappa shape index (κ1) is 20.1. The highest BCUT2D eigenvalue weighted by Crippen LogP contribution is 2.24. The third kappa shape index (κ3) is 5.26. The zero-order valence-electron chi connectivity index (χ0n) is 17.6. The molecular formula is C23H38N4O. The van der Waals surface area contributed by atoms with Crippen molar-refractivity contribution in [3.63, 3.8) is 0 Å². The number of benzene rings is 1. The maximum atomic E-state index is 5.52. The Morgan fingerprint density at radius 2 is 1.43 bits per heavy atom. The Morgan fingerprint density at radius 3 is 2.07 bits per heavy atom. The molecule has 5 heteroatoms. The molecule has 0 saturated carbocycles. The van der Waals surface area contributed by atoms with E-state index in [-0.39, 0.29) is 0 Å². The van der Waals surface area contributed by atoms with Crippen molar-refractivity contribution in [2.75, 3.05) is 83.6 Å². The molecule has 1 aromatic carbocycles. The maximum absolute atomic E-state index is 5.52. The molecule has 4 rings (SSSR count). The van der Waals surface area contributed by atoms with Crippen molar-refractivity contribution >= 4 is 5.69 Å². The molecule has 28 heavy (non-hydrogen) atoms. The number of rotatable bonds is 6. The fraction of sp³-hybridized carbons (Fsp3) is 0.739. The fourth-order valence-corrected chi connectivity index (χ4v) is 5.09. The summed E-state index contributed by atoms with van der Waals surface area (Å²) in [6.45, 7) is 16.3. The van der Waals surface area contributed by atoms with Crippen LogP contribution in [-0.2, 0) is 4.74 Å². The second-order valence-electron chi connectivity index (χ2n) is 8.73. The van der Waals surface area contributed by atoms with Crippen molar-refractivity contribution in [3.8, 4) is 0 Å². The molecule has 0 spiro atoms. The Hall–Kier alpha value is -1.14. The van der Waals surface area contributed by atoms with Crippen LogP contribution in [0.3, 0.4) is 0 Å². The molecule has 5 nitrogen and oxygen atoms in total. The van der Waals surface area contributed by atoms with Crippen LogP contribution in [0.4, 0.5) is 5.69 Å². The molecular weight excluding hydrogens is 348 g/mol. The summed E-state index contributed by atoms with van der Waals surface area (Å²) in [6, 6.07) is 11.6. The number of hydrogen-bond donors (Lipinski definition) is 0. The number of nitrogens with zero attached hydrogens (tertiary/aromatic N) is 4. The van der Waals surface area contributed by atoms with Crippen LogP contribution in [-0.4, -0.2) is 99.4 Å². The van der Waals surface area contributed by atoms with Crippen molar-refractivity contribution in [2.24, 2.45) is 5.92 Å². The third-order valence-corrected chi connectivity index (χ3v) is 7.16. The lowest BCUT2D eigenvalue weighted by Crippen LogP contribution is -2.50. The normalized spacial score (nSPS) is 25.1. The van der Waals surface area contributed by atoms with Crippen molar-refractivity contribution in [1.82, 2.24) is 14.7 Å². The van der Waals surface area contributed by atoms with Gasteiger partial charge in [-0.3, -0.25) is 9.80 Å². The second-order valence-corrected chi connectivity index (χ2v) is 8.73. The fourth-order valence-electron chi connectivity index (χ4n) is 5.09. The number of morpholine rings is 1. The first-order valence-corrected chi connectivity index (χ1v) is 11.4. The van der Waals surface area contributed by atoms with E-state index in [2.05, 4.69) is 56.9 Å². The minimum absolute atomic E-state index is 0.720. The van der Waals surface area contributed by atoms with Crippen LogP contribution < -0.4 is 4.90 Å². The van der Waals surface area contributed by atoms with E-state index in [0.29, 0.717) is 0 Å². The maximum Gasteiger partial charge on any atom is 0.0594 e. The average Bonchev–Trinajstić information content (AvgIpc) is 2.79. The van der Waals surface area contributed by atoms with Crippen LogP contribution >= 0.6 is 0 Å². The van der Waals surface area contributed by atoms with Crippen LogP contribution in [0, 0.1) is 5.92 Å². The monoisotopic (exact) mass is 386 g/mol. The zero-order chi connectivity index (χ0) is 19.2. The Morgan fingerprint density at radius 1 is 0.821 bits per heavy atom. The van der Waals surface area contributed by atoms with Gasteiger partial charge in [0, 0.05) is 64.1 Å². The predicted molar refractivity (Wildman–Crippen MR) is 116 cm³/mol. The molecule has 0 N–H and O–H groups in total. The van der Waals surface area contributed by atoms with Gasteiger partial charge in [-0.2, -0.15) is 0 Å². The highest BCUT2D eigenvalue weighted by Gasteiger charge is 2.28. The largest absolute Gasteiger partial charge is 0.379 e. The summed E-state index contributed by atoms with van der Waals surface area (Å²) in [5.41, 5.74) is 1.37. The summed E-state index contributed by atoms with van der Waals surface area (Å²) >= 11 is 0. The minimum Gasteiger partial charge on any atom is -0.379 e. The van der Waals surface area contributed by atoms with Gasteiger partial charge in [0.25, 0.3) is 0 Å². The molecule has 0 amide bonds. The van der Waals surface area contributed by atoms with Gasteiger partial charge >= 0.3 is 0 Å². The summed E-state index contributed by atoms with van der Waals surface area (Å²) < 4.78 is 5.52. The van der Waals surface area contributed by atoms with Crippen LogP contribution in [0.1, 0.15) is 19.8 Å². The Labute approximate surface area is 171 Å². The molecule has 3 heterocycles. The van der Waals surface area contributed by atoms with Gasteiger partial charge in [-0.25, -0.2) is 0 Å². The lowest BCUT2D eigenvalue weighted by molar-refractivity contribution is -0.00190. The number of piperidine rings is 1. The number of hydrogen-bond acceptors (Lipinski definition) is 5. The summed E-state index contributed by atoms with van der Waals surface area (Å²) in [4.78, 5) is 10.5. The molecule has 3 aliphatic rings. The highest BCUT2D eigenvalue weighted by atomic mass is 16.5. The molecule has 3 aliphatic heterocycles. The Bertz CT molecular complexity index is 561. The topological polar surface area (TPSA) is 22.2 Å². The highest BCUT2D eigenvalue weighted by molar-refractivity contribution is 5.46. The minimum atomic E-state index is 0.720. The van der Waals surface area contributed by atoms with E-state index < -0.39 is 0 Å². The number of para-hydroxylation sites is 1. The van der Waals surface area contributed by atoms with E-state index in [1.54, 1.807) is 0 Å². The zero-order valence-corrected chi connectivity index (χ0v) is 17.6. The van der Waals surface area contributed by atoms with Gasteiger partial charge in [0.15, 0.2) is 0 Å². The third-order valence-electron chi connectivity index (χ3n) is 7.16. The second kappa shape index (κ2) is 10.1. The van der Waals surface area contributed by atoms with Gasteiger partial charge in [0.1, 0.15) is 0 Å². The molecule has 1 aromatic rings. The van der Waals surface area contributed by atoms with E-state index in [1.165, 1.54) is 57.8 Å². The van der Waals surface area contributed by atoms with Crippen LogP contribution in [0.5, 0.6) is 0 Å². The number of piperazine rings is 1. The quantitative estimate of drug-likeness (QED) is 0.746. The molecule has 0 unspecified atom stereocenters. The van der Waals surface area contributed by atoms with Crippen LogP contribution in [0.25, 0.3) is 0 Å². The summed E-state index contributed by atoms with van der Waals surface area (Å²) in [5.74, 6) is 0.865. The molecule has 0 radical (unpaired) electrons. The Kier molecular flexibility index (Phi) is 7.24. The van der Waals surface area contributed by atoms with E-state index in [1.807, 2.05) is 0 Å². The molecule has 0 aromatic heterocycles. The first-order chi connectivity index (χ1) is 13.8. The smallest absolute Gasteiger partial charge is 0.0594 e. The molecule has 0 aliphatic carbocycles. The van der Waals surface area contributed by atoms with Crippen molar-refractivity contribution in [2.45, 2.75) is 25.8 Å². The van der Waals surface area contributed by atoms with Crippen molar-refractivity contribution in [3.05, 3.63) is 30.3 Å². The van der Waals surface area contributed by atoms with Gasteiger partial charge in [-0.15, -0.1) is 0 Å². The molecule has 156 valence electrons. The summed E-state index contributed by atoms with van der Waals surface area (Å²) in [5, 5.41) is 0. The number of likely N-dealkylation sites (tertiary alicyclic amines) is 1. The van der Waals surface area contributed by atoms with Gasteiger partial charge in [-0.05, 0) is 50.9 Å². The van der Waals surface area contributed by atoms with Gasteiger partial charge in [-0.1, -0.05) is 18.2 Å². The Balaban J connectivity index is 1.13. The van der Waals surface area contributed by atoms with Gasteiger partial charge in [0.2, 0.25) is 0 Å². The van der Waals surface area contributed by atoms with Crippen LogP contribution in [0.2, 0.25) is 0 Å². The van der Waals surface area contributed by atoms with E-state index >= 15 is 0 Å². The number of ether oxygens (including phenoxy) is 1. The van der Waals surface area contributed by atoms with E-state index in [4.69, 9.17) is 4.74 Å². The summed E-state index contributed by atoms with van der Waals surface area (Å²) in [7, 11) is 0. The van der Waals surface area contributed by atoms with Gasteiger partial charge < -0.3 is 14.5 Å². The van der Waals surface area contributed by atoms with Crippen molar-refractivity contribution in [1.29, 1.82) is 0 Å². The van der Waals surface area contributed by atoms with E-state index in [9.17, 15) is 0 Å². The van der Waals surface area contributed by atoms with Gasteiger partial charge in [0.05, 0.1) is 13.2 Å². The molecule has 3 saturated heterocycles. The summed E-state index contributed by atoms with van der Waals surface area (Å²) in [6.07, 6.45) is 2.72. The number of anilines is 1. The van der Waals surface area contributed by atoms with Crippen LogP contribution in [0.15, 0.2) is 30.3 Å². The standard InChI is InChI=1S/C23H38N4O/c1-21(26-17-19-28-20-18-26)22-7-9-24(10-8-22)11-12-25-13-15-27(16-14-25)23-5-3-2-4-6-23/h2-6,21-22H,7-20H2,1H3/t21-/m1/s1. The first-order valence-electron chi connectivity index (χ1n) is 11.4. The lowest BCUT2D eigenvalue weighted by Gasteiger charge is -2.41.